The smallest absolute Gasteiger partial charge is 0.260 e. The van der Waals surface area contributed by atoms with Gasteiger partial charge in [0.05, 0.1) is 11.9 Å². The molecule has 1 N–H and O–H groups in total. The Hall–Kier alpha value is -2.25. The molecule has 0 bridgehead atoms. The fraction of sp³-hybridized carbons (Fsp3) is 0.350. The van der Waals surface area contributed by atoms with Gasteiger partial charge in [0.25, 0.3) is 5.91 Å². The lowest BCUT2D eigenvalue weighted by molar-refractivity contribution is -0.127. The minimum Gasteiger partial charge on any atom is -0.481 e. The molecule has 152 valence electrons. The van der Waals surface area contributed by atoms with Crippen molar-refractivity contribution in [3.63, 3.8) is 0 Å². The van der Waals surface area contributed by atoms with Crippen LogP contribution in [0.25, 0.3) is 0 Å². The lowest BCUT2D eigenvalue weighted by atomic mass is 10.1. The van der Waals surface area contributed by atoms with E-state index in [4.69, 9.17) is 16.3 Å². The highest BCUT2D eigenvalue weighted by Crippen LogP contribution is 2.21. The minimum atomic E-state index is -3.32. The van der Waals surface area contributed by atoms with Crippen molar-refractivity contribution in [1.29, 1.82) is 0 Å². The number of nitrogens with one attached hydrogen (secondary N) is 1. The first kappa shape index (κ1) is 22.0. The van der Waals surface area contributed by atoms with Crippen molar-refractivity contribution in [2.45, 2.75) is 25.9 Å². The van der Waals surface area contributed by atoms with Crippen molar-refractivity contribution in [2.75, 3.05) is 24.2 Å². The molecule has 1 atom stereocenters. The summed E-state index contributed by atoms with van der Waals surface area (Å²) in [6.07, 6.45) is 2.02. The molecule has 0 aromatic heterocycles. The number of carbonyl (C=O) groups excluding carboxylic acids is 1. The molecular weight excluding hydrogens is 400 g/mol. The Morgan fingerprint density at radius 2 is 1.82 bits per heavy atom. The van der Waals surface area contributed by atoms with Gasteiger partial charge >= 0.3 is 0 Å². The van der Waals surface area contributed by atoms with Crippen LogP contribution in [0.2, 0.25) is 5.02 Å². The van der Waals surface area contributed by atoms with Crippen molar-refractivity contribution >= 4 is 33.2 Å². The standard InChI is InChI=1S/C20H25ClN2O4S/c1-15(20(24)22-14-6-8-16-7-4-5-9-19(16)21)27-18-12-10-17(11-13-18)23(2)28(3,25)26/h4-5,7,9-13,15H,6,8,14H2,1-3H3,(H,22,24)/t15-/m1/s1. The molecule has 0 spiro atoms. The van der Waals surface area contributed by atoms with Gasteiger partial charge in [0.2, 0.25) is 10.0 Å². The first-order valence-corrected chi connectivity index (χ1v) is 11.1. The molecule has 2 rings (SSSR count). The van der Waals surface area contributed by atoms with E-state index in [1.165, 1.54) is 11.4 Å². The minimum absolute atomic E-state index is 0.212. The third kappa shape index (κ3) is 6.42. The molecule has 6 nitrogen and oxygen atoms in total. The Bertz CT molecular complexity index is 901. The number of anilines is 1. The Morgan fingerprint density at radius 3 is 2.43 bits per heavy atom. The molecule has 1 amide bonds. The average molecular weight is 425 g/mol. The lowest BCUT2D eigenvalue weighted by Gasteiger charge is -2.18. The van der Waals surface area contributed by atoms with E-state index in [1.54, 1.807) is 31.2 Å². The number of halogens is 1. The SMILES string of the molecule is C[C@@H](Oc1ccc(N(C)S(C)(=O)=O)cc1)C(=O)NCCCc1ccccc1Cl. The van der Waals surface area contributed by atoms with Gasteiger partial charge in [-0.15, -0.1) is 0 Å². The van der Waals surface area contributed by atoms with Gasteiger partial charge in [-0.2, -0.15) is 0 Å². The number of hydrogen-bond acceptors (Lipinski definition) is 4. The number of amides is 1. The molecule has 0 aliphatic rings. The molecule has 0 aliphatic heterocycles. The van der Waals surface area contributed by atoms with Gasteiger partial charge in [0.1, 0.15) is 5.75 Å². The Kier molecular flexibility index (Phi) is 7.71. The number of aryl methyl sites for hydroxylation is 1. The number of nitrogens with zero attached hydrogens (tertiary/aromatic N) is 1. The topological polar surface area (TPSA) is 75.7 Å². The van der Waals surface area contributed by atoms with Gasteiger partial charge in [-0.05, 0) is 55.7 Å². The molecule has 2 aromatic rings. The molecule has 0 saturated carbocycles. The zero-order valence-corrected chi connectivity index (χ0v) is 17.8. The van der Waals surface area contributed by atoms with Crippen LogP contribution < -0.4 is 14.4 Å². The molecule has 28 heavy (non-hydrogen) atoms. The molecule has 0 saturated heterocycles. The predicted octanol–water partition coefficient (Wildman–Crippen LogP) is 3.25. The van der Waals surface area contributed by atoms with Crippen LogP contribution in [-0.4, -0.2) is 40.3 Å². The van der Waals surface area contributed by atoms with Gasteiger partial charge in [-0.25, -0.2) is 8.42 Å². The Balaban J connectivity index is 1.79. The van der Waals surface area contributed by atoms with Crippen LogP contribution >= 0.6 is 11.6 Å². The Labute approximate surface area is 171 Å². The summed E-state index contributed by atoms with van der Waals surface area (Å²) in [5, 5.41) is 3.58. The molecule has 0 heterocycles. The van der Waals surface area contributed by atoms with E-state index >= 15 is 0 Å². The number of benzene rings is 2. The van der Waals surface area contributed by atoms with Crippen LogP contribution in [0.1, 0.15) is 18.9 Å². The van der Waals surface area contributed by atoms with E-state index in [9.17, 15) is 13.2 Å². The maximum Gasteiger partial charge on any atom is 0.260 e. The maximum atomic E-state index is 12.2. The summed E-state index contributed by atoms with van der Waals surface area (Å²) < 4.78 is 29.9. The number of sulfonamides is 1. The van der Waals surface area contributed by atoms with Crippen molar-refractivity contribution in [1.82, 2.24) is 5.32 Å². The fourth-order valence-electron chi connectivity index (χ4n) is 2.52. The van der Waals surface area contributed by atoms with E-state index in [0.29, 0.717) is 18.0 Å². The molecule has 0 unspecified atom stereocenters. The molecule has 0 fully saturated rings. The van der Waals surface area contributed by atoms with Crippen LogP contribution in [0.4, 0.5) is 5.69 Å². The van der Waals surface area contributed by atoms with Crippen LogP contribution in [0.5, 0.6) is 5.75 Å². The molecule has 0 aliphatic carbocycles. The summed E-state index contributed by atoms with van der Waals surface area (Å²) in [4.78, 5) is 12.2. The second kappa shape index (κ2) is 9.80. The normalized spacial score (nSPS) is 12.3. The Morgan fingerprint density at radius 1 is 1.18 bits per heavy atom. The van der Waals surface area contributed by atoms with Gasteiger partial charge in [-0.1, -0.05) is 29.8 Å². The summed E-state index contributed by atoms with van der Waals surface area (Å²) in [5.41, 5.74) is 1.58. The number of ether oxygens (including phenoxy) is 1. The highest BCUT2D eigenvalue weighted by atomic mass is 35.5. The predicted molar refractivity (Wildman–Crippen MR) is 113 cm³/mol. The summed E-state index contributed by atoms with van der Waals surface area (Å²) in [5.74, 6) is 0.279. The first-order valence-electron chi connectivity index (χ1n) is 8.90. The largest absolute Gasteiger partial charge is 0.481 e. The van der Waals surface area contributed by atoms with Crippen LogP contribution in [0.15, 0.2) is 48.5 Å². The van der Waals surface area contributed by atoms with Crippen LogP contribution in [0, 0.1) is 0 Å². The third-order valence-corrected chi connectivity index (χ3v) is 5.83. The zero-order valence-electron chi connectivity index (χ0n) is 16.2. The fourth-order valence-corrected chi connectivity index (χ4v) is 3.25. The molecule has 2 aromatic carbocycles. The summed E-state index contributed by atoms with van der Waals surface area (Å²) in [6.45, 7) is 2.19. The third-order valence-electron chi connectivity index (χ3n) is 4.26. The van der Waals surface area contributed by atoms with Crippen molar-refractivity contribution in [2.24, 2.45) is 0 Å². The maximum absolute atomic E-state index is 12.2. The second-order valence-electron chi connectivity index (χ2n) is 6.47. The van der Waals surface area contributed by atoms with E-state index in [0.717, 1.165) is 29.7 Å². The van der Waals surface area contributed by atoms with E-state index < -0.39 is 16.1 Å². The second-order valence-corrected chi connectivity index (χ2v) is 8.89. The monoisotopic (exact) mass is 424 g/mol. The number of rotatable bonds is 9. The summed E-state index contributed by atoms with van der Waals surface area (Å²) in [6, 6.07) is 14.2. The van der Waals surface area contributed by atoms with E-state index in [1.807, 2.05) is 24.3 Å². The van der Waals surface area contributed by atoms with Crippen molar-refractivity contribution < 1.29 is 17.9 Å². The van der Waals surface area contributed by atoms with Gasteiger partial charge in [0, 0.05) is 18.6 Å². The molecule has 0 radical (unpaired) electrons. The average Bonchev–Trinajstić information content (AvgIpc) is 2.65. The quantitative estimate of drug-likeness (QED) is 0.627. The van der Waals surface area contributed by atoms with Crippen molar-refractivity contribution in [3.05, 3.63) is 59.1 Å². The first-order chi connectivity index (χ1) is 13.2. The molecular formula is C20H25ClN2O4S. The van der Waals surface area contributed by atoms with Gasteiger partial charge in [0.15, 0.2) is 6.10 Å². The van der Waals surface area contributed by atoms with Crippen LogP contribution in [0.3, 0.4) is 0 Å². The molecule has 8 heteroatoms. The lowest BCUT2D eigenvalue weighted by Crippen LogP contribution is -2.36. The summed E-state index contributed by atoms with van der Waals surface area (Å²) in [7, 11) is -1.84. The van der Waals surface area contributed by atoms with Gasteiger partial charge < -0.3 is 10.1 Å². The number of hydrogen-bond donors (Lipinski definition) is 1. The number of carbonyl (C=O) groups is 1. The van der Waals surface area contributed by atoms with Gasteiger partial charge in [-0.3, -0.25) is 9.10 Å². The van der Waals surface area contributed by atoms with Crippen LogP contribution in [-0.2, 0) is 21.2 Å². The summed E-state index contributed by atoms with van der Waals surface area (Å²) >= 11 is 6.12. The highest BCUT2D eigenvalue weighted by molar-refractivity contribution is 7.92. The zero-order chi connectivity index (χ0) is 20.7. The highest BCUT2D eigenvalue weighted by Gasteiger charge is 2.15. The van der Waals surface area contributed by atoms with E-state index in [-0.39, 0.29) is 5.91 Å². The van der Waals surface area contributed by atoms with E-state index in [2.05, 4.69) is 5.32 Å². The van der Waals surface area contributed by atoms with Crippen molar-refractivity contribution in [3.8, 4) is 5.75 Å².